The zero-order chi connectivity index (χ0) is 17.6. The molecular weight excluding hydrogens is 268 g/mol. The highest BCUT2D eigenvalue weighted by molar-refractivity contribution is 5.29. The molecule has 1 rings (SSSR count). The van der Waals surface area contributed by atoms with Gasteiger partial charge in [0.2, 0.25) is 0 Å². The minimum absolute atomic E-state index is 0.267. The van der Waals surface area contributed by atoms with E-state index in [1.807, 2.05) is 26.0 Å². The molecule has 0 fully saturated rings. The van der Waals surface area contributed by atoms with Gasteiger partial charge in [-0.15, -0.1) is 0 Å². The van der Waals surface area contributed by atoms with Crippen LogP contribution in [0.1, 0.15) is 86.6 Å². The predicted molar refractivity (Wildman–Crippen MR) is 99.5 cm³/mol. The van der Waals surface area contributed by atoms with Gasteiger partial charge in [-0.05, 0) is 46.8 Å². The number of rotatable bonds is 6. The fourth-order valence-corrected chi connectivity index (χ4v) is 2.56. The van der Waals surface area contributed by atoms with E-state index in [-0.39, 0.29) is 5.41 Å². The monoisotopic (exact) mass is 306 g/mol. The normalized spacial score (nSPS) is 13.5. The summed E-state index contributed by atoms with van der Waals surface area (Å²) in [5.74, 6) is 1.53. The quantitative estimate of drug-likeness (QED) is 0.599. The van der Waals surface area contributed by atoms with Gasteiger partial charge in [-0.2, -0.15) is 0 Å². The van der Waals surface area contributed by atoms with Gasteiger partial charge in [-0.3, -0.25) is 0 Å². The van der Waals surface area contributed by atoms with Gasteiger partial charge in [0.15, 0.2) is 0 Å². The molecule has 128 valence electrons. The Labute approximate surface area is 139 Å². The van der Waals surface area contributed by atoms with Crippen LogP contribution in [0.2, 0.25) is 0 Å². The van der Waals surface area contributed by atoms with E-state index in [0.717, 1.165) is 6.42 Å². The lowest BCUT2D eigenvalue weighted by Gasteiger charge is -2.41. The Kier molecular flexibility index (Phi) is 8.22. The first-order valence-corrected chi connectivity index (χ1v) is 8.89. The van der Waals surface area contributed by atoms with E-state index in [1.54, 1.807) is 0 Å². The number of benzene rings is 1. The van der Waals surface area contributed by atoms with Gasteiger partial charge >= 0.3 is 0 Å². The second-order valence-electron chi connectivity index (χ2n) is 7.83. The number of aromatic hydroxyl groups is 1. The topological polar surface area (TPSA) is 20.2 Å². The summed E-state index contributed by atoms with van der Waals surface area (Å²) in [6.07, 6.45) is 2.34. The molecule has 1 aromatic rings. The number of hydrogen-bond acceptors (Lipinski definition) is 1. The summed E-state index contributed by atoms with van der Waals surface area (Å²) >= 11 is 0. The van der Waals surface area contributed by atoms with Crippen LogP contribution in [0, 0.1) is 16.7 Å². The Morgan fingerprint density at radius 3 is 1.73 bits per heavy atom. The molecule has 0 aromatic heterocycles. The first-order valence-electron chi connectivity index (χ1n) is 8.89. The van der Waals surface area contributed by atoms with Crippen molar-refractivity contribution in [3.63, 3.8) is 0 Å². The summed E-state index contributed by atoms with van der Waals surface area (Å²) in [4.78, 5) is 0. The lowest BCUT2D eigenvalue weighted by molar-refractivity contribution is 0.150. The van der Waals surface area contributed by atoms with Crippen molar-refractivity contribution in [3.05, 3.63) is 29.8 Å². The van der Waals surface area contributed by atoms with Crippen molar-refractivity contribution in [3.8, 4) is 5.75 Å². The van der Waals surface area contributed by atoms with E-state index in [4.69, 9.17) is 0 Å². The molecule has 1 aromatic carbocycles. The Hall–Kier alpha value is -0.980. The molecule has 0 saturated heterocycles. The first kappa shape index (κ1) is 21.0. The standard InChI is InChI=1S/C19H32O.C2H6/c1-8-18(4,5)17(13-19(6,7)14(2)3)15-9-11-16(20)12-10-15;1-2/h9-12,14,17,20H,8,13H2,1-7H3;1-2H3. The molecular formula is C21H38O. The van der Waals surface area contributed by atoms with E-state index in [1.165, 1.54) is 12.0 Å². The van der Waals surface area contributed by atoms with Gasteiger partial charge in [-0.25, -0.2) is 0 Å². The summed E-state index contributed by atoms with van der Waals surface area (Å²) in [5.41, 5.74) is 1.93. The van der Waals surface area contributed by atoms with Gasteiger partial charge in [0.05, 0.1) is 0 Å². The molecule has 1 N–H and O–H groups in total. The molecule has 0 spiro atoms. The molecule has 0 heterocycles. The molecule has 1 atom stereocenters. The van der Waals surface area contributed by atoms with Crippen molar-refractivity contribution >= 4 is 0 Å². The fourth-order valence-electron chi connectivity index (χ4n) is 2.56. The highest BCUT2D eigenvalue weighted by Gasteiger charge is 2.35. The van der Waals surface area contributed by atoms with Crippen LogP contribution in [-0.2, 0) is 0 Å². The number of phenolic OH excluding ortho intramolecular Hbond substituents is 1. The average Bonchev–Trinajstić information content (AvgIpc) is 2.47. The molecule has 0 aliphatic heterocycles. The third-order valence-corrected chi connectivity index (χ3v) is 5.44. The summed E-state index contributed by atoms with van der Waals surface area (Å²) in [7, 11) is 0. The Bertz CT molecular complexity index is 412. The summed E-state index contributed by atoms with van der Waals surface area (Å²) < 4.78 is 0. The van der Waals surface area contributed by atoms with Crippen molar-refractivity contribution in [2.24, 2.45) is 16.7 Å². The molecule has 0 bridgehead atoms. The third kappa shape index (κ3) is 5.66. The maximum atomic E-state index is 9.52. The highest BCUT2D eigenvalue weighted by Crippen LogP contribution is 2.47. The zero-order valence-corrected chi connectivity index (χ0v) is 16.3. The largest absolute Gasteiger partial charge is 0.508 e. The van der Waals surface area contributed by atoms with Crippen molar-refractivity contribution < 1.29 is 5.11 Å². The second-order valence-corrected chi connectivity index (χ2v) is 7.83. The fraction of sp³-hybridized carbons (Fsp3) is 0.714. The van der Waals surface area contributed by atoms with Gasteiger partial charge in [0.1, 0.15) is 5.75 Å². The third-order valence-electron chi connectivity index (χ3n) is 5.44. The van der Waals surface area contributed by atoms with Gasteiger partial charge < -0.3 is 5.11 Å². The molecule has 1 nitrogen and oxygen atoms in total. The van der Waals surface area contributed by atoms with Gasteiger partial charge in [-0.1, -0.05) is 80.9 Å². The van der Waals surface area contributed by atoms with E-state index < -0.39 is 0 Å². The van der Waals surface area contributed by atoms with Crippen LogP contribution in [0.25, 0.3) is 0 Å². The SMILES string of the molecule is CC.CCC(C)(C)C(CC(C)(C)C(C)C)c1ccc(O)cc1. The van der Waals surface area contributed by atoms with Crippen LogP contribution in [0.4, 0.5) is 0 Å². The Morgan fingerprint density at radius 1 is 0.909 bits per heavy atom. The van der Waals surface area contributed by atoms with Crippen LogP contribution >= 0.6 is 0 Å². The molecule has 22 heavy (non-hydrogen) atoms. The smallest absolute Gasteiger partial charge is 0.115 e. The van der Waals surface area contributed by atoms with Crippen molar-refractivity contribution in [1.29, 1.82) is 0 Å². The molecule has 0 aliphatic rings. The van der Waals surface area contributed by atoms with Crippen molar-refractivity contribution in [2.45, 2.75) is 81.1 Å². The number of hydrogen-bond donors (Lipinski definition) is 1. The number of phenols is 1. The zero-order valence-electron chi connectivity index (χ0n) is 16.3. The maximum absolute atomic E-state index is 9.52. The first-order chi connectivity index (χ1) is 10.1. The molecule has 0 saturated carbocycles. The van der Waals surface area contributed by atoms with Crippen LogP contribution in [0.5, 0.6) is 5.75 Å². The van der Waals surface area contributed by atoms with Crippen LogP contribution < -0.4 is 0 Å². The van der Waals surface area contributed by atoms with Crippen molar-refractivity contribution in [2.75, 3.05) is 0 Å². The Balaban J connectivity index is 0.00000211. The van der Waals surface area contributed by atoms with Gasteiger partial charge in [0.25, 0.3) is 0 Å². The van der Waals surface area contributed by atoms with E-state index in [9.17, 15) is 5.11 Å². The molecule has 0 amide bonds. The highest BCUT2D eigenvalue weighted by atomic mass is 16.3. The Morgan fingerprint density at radius 2 is 1.36 bits per heavy atom. The van der Waals surface area contributed by atoms with Crippen LogP contribution in [-0.4, -0.2) is 5.11 Å². The second kappa shape index (κ2) is 8.60. The molecule has 0 aliphatic carbocycles. The molecule has 0 radical (unpaired) electrons. The summed E-state index contributed by atoms with van der Waals surface area (Å²) in [5, 5.41) is 9.52. The minimum Gasteiger partial charge on any atom is -0.508 e. The lowest BCUT2D eigenvalue weighted by Crippen LogP contribution is -2.29. The van der Waals surface area contributed by atoms with Gasteiger partial charge in [0, 0.05) is 0 Å². The lowest BCUT2D eigenvalue weighted by atomic mass is 9.64. The van der Waals surface area contributed by atoms with E-state index in [0.29, 0.717) is 23.0 Å². The van der Waals surface area contributed by atoms with Crippen molar-refractivity contribution in [1.82, 2.24) is 0 Å². The summed E-state index contributed by atoms with van der Waals surface area (Å²) in [6.45, 7) is 20.4. The van der Waals surface area contributed by atoms with Crippen LogP contribution in [0.3, 0.4) is 0 Å². The predicted octanol–water partition coefficient (Wildman–Crippen LogP) is 7.01. The maximum Gasteiger partial charge on any atom is 0.115 e. The van der Waals surface area contributed by atoms with E-state index in [2.05, 4.69) is 60.6 Å². The average molecular weight is 307 g/mol. The van der Waals surface area contributed by atoms with Crippen LogP contribution in [0.15, 0.2) is 24.3 Å². The minimum atomic E-state index is 0.267. The molecule has 1 heteroatoms. The molecule has 1 unspecified atom stereocenters. The summed E-state index contributed by atoms with van der Waals surface area (Å²) in [6, 6.07) is 7.81. The van der Waals surface area contributed by atoms with E-state index >= 15 is 0 Å².